The van der Waals surface area contributed by atoms with E-state index < -0.39 is 6.10 Å². The Morgan fingerprint density at radius 2 is 2.03 bits per heavy atom. The number of ether oxygens (including phenoxy) is 2. The minimum atomic E-state index is -0.601. The van der Waals surface area contributed by atoms with Crippen molar-refractivity contribution in [3.63, 3.8) is 0 Å². The van der Waals surface area contributed by atoms with Crippen LogP contribution in [0, 0.1) is 13.8 Å². The molecule has 0 aliphatic carbocycles. The van der Waals surface area contributed by atoms with Crippen LogP contribution < -0.4 is 14.8 Å². The summed E-state index contributed by atoms with van der Waals surface area (Å²) in [5, 5.41) is 6.78. The van der Waals surface area contributed by atoms with Gasteiger partial charge >= 0.3 is 0 Å². The van der Waals surface area contributed by atoms with E-state index in [1.165, 1.54) is 0 Å². The lowest BCUT2D eigenvalue weighted by Crippen LogP contribution is -2.37. The van der Waals surface area contributed by atoms with Gasteiger partial charge in [-0.05, 0) is 49.6 Å². The van der Waals surface area contributed by atoms with Crippen LogP contribution >= 0.6 is 0 Å². The van der Waals surface area contributed by atoms with E-state index in [0.717, 1.165) is 16.7 Å². The molecule has 0 saturated carbocycles. The molecule has 0 aliphatic heterocycles. The topological polar surface area (TPSA) is 86.5 Å². The molecule has 1 heterocycles. The number of nitrogens with one attached hydrogen (secondary N) is 1. The number of carbonyl (C=O) groups excluding carboxylic acids is 1. The Hall–Kier alpha value is -3.35. The third-order valence-electron chi connectivity index (χ3n) is 4.49. The van der Waals surface area contributed by atoms with Gasteiger partial charge in [0.1, 0.15) is 11.5 Å². The van der Waals surface area contributed by atoms with Crippen LogP contribution in [0.4, 0.5) is 0 Å². The van der Waals surface area contributed by atoms with Crippen molar-refractivity contribution in [1.29, 1.82) is 0 Å². The zero-order valence-electron chi connectivity index (χ0n) is 17.1. The Balaban J connectivity index is 1.62. The highest BCUT2D eigenvalue weighted by atomic mass is 16.5. The number of rotatable bonds is 8. The van der Waals surface area contributed by atoms with E-state index in [4.69, 9.17) is 14.0 Å². The van der Waals surface area contributed by atoms with Crippen LogP contribution in [0.5, 0.6) is 11.5 Å². The molecule has 1 amide bonds. The molecule has 7 nitrogen and oxygen atoms in total. The van der Waals surface area contributed by atoms with Gasteiger partial charge < -0.3 is 19.3 Å². The van der Waals surface area contributed by atoms with E-state index in [1.54, 1.807) is 7.11 Å². The van der Waals surface area contributed by atoms with E-state index in [9.17, 15) is 4.79 Å². The summed E-state index contributed by atoms with van der Waals surface area (Å²) in [5.74, 6) is 1.95. The number of aryl methyl sites for hydroxylation is 2. The average Bonchev–Trinajstić information content (AvgIpc) is 3.21. The Bertz CT molecular complexity index is 984. The third-order valence-corrected chi connectivity index (χ3v) is 4.49. The number of methoxy groups -OCH3 is 1. The summed E-state index contributed by atoms with van der Waals surface area (Å²) in [5.41, 5.74) is 2.84. The van der Waals surface area contributed by atoms with E-state index in [2.05, 4.69) is 15.5 Å². The molecule has 1 N–H and O–H groups in total. The Kier molecular flexibility index (Phi) is 6.49. The Morgan fingerprint density at radius 3 is 2.79 bits per heavy atom. The molecule has 2 aromatic carbocycles. The summed E-state index contributed by atoms with van der Waals surface area (Å²) in [7, 11) is 1.60. The number of hydrogen-bond donors (Lipinski definition) is 1. The van der Waals surface area contributed by atoms with Crippen molar-refractivity contribution >= 4 is 5.91 Å². The van der Waals surface area contributed by atoms with Crippen molar-refractivity contribution < 1.29 is 18.8 Å². The minimum Gasteiger partial charge on any atom is -0.497 e. The second-order valence-corrected chi connectivity index (χ2v) is 6.75. The predicted molar refractivity (Wildman–Crippen MR) is 109 cm³/mol. The van der Waals surface area contributed by atoms with Crippen LogP contribution in [0.1, 0.15) is 30.4 Å². The van der Waals surface area contributed by atoms with Crippen molar-refractivity contribution in [3.8, 4) is 22.9 Å². The van der Waals surface area contributed by atoms with Crippen molar-refractivity contribution in [1.82, 2.24) is 15.5 Å². The summed E-state index contributed by atoms with van der Waals surface area (Å²) < 4.78 is 16.4. The van der Waals surface area contributed by atoms with Gasteiger partial charge in [-0.3, -0.25) is 4.79 Å². The Morgan fingerprint density at radius 1 is 1.21 bits per heavy atom. The standard InChI is InChI=1S/C22H25N3O4/c1-5-18(28-19-11-14(2)9-10-15(19)3)22(26)23-13-20-24-21(25-29-20)16-7-6-8-17(12-16)27-4/h6-12,18H,5,13H2,1-4H3,(H,23,26). The fraction of sp³-hybridized carbons (Fsp3) is 0.318. The summed E-state index contributed by atoms with van der Waals surface area (Å²) in [6.45, 7) is 5.98. The number of carbonyl (C=O) groups is 1. The van der Waals surface area contributed by atoms with Gasteiger partial charge in [-0.15, -0.1) is 0 Å². The summed E-state index contributed by atoms with van der Waals surface area (Å²) >= 11 is 0. The van der Waals surface area contributed by atoms with Crippen LogP contribution in [-0.4, -0.2) is 29.3 Å². The molecule has 0 spiro atoms. The maximum Gasteiger partial charge on any atom is 0.261 e. The Labute approximate surface area is 170 Å². The van der Waals surface area contributed by atoms with Crippen molar-refractivity contribution in [2.24, 2.45) is 0 Å². The van der Waals surface area contributed by atoms with Crippen LogP contribution in [0.2, 0.25) is 0 Å². The number of hydrogen-bond acceptors (Lipinski definition) is 6. The molecule has 0 bridgehead atoms. The van der Waals surface area contributed by atoms with Gasteiger partial charge in [0.15, 0.2) is 6.10 Å². The second kappa shape index (κ2) is 9.23. The molecule has 0 radical (unpaired) electrons. The number of nitrogens with zero attached hydrogens (tertiary/aromatic N) is 2. The van der Waals surface area contributed by atoms with Crippen LogP contribution in [-0.2, 0) is 11.3 Å². The number of amides is 1. The van der Waals surface area contributed by atoms with Crippen molar-refractivity contribution in [2.45, 2.75) is 39.8 Å². The lowest BCUT2D eigenvalue weighted by molar-refractivity contribution is -0.128. The molecule has 0 aliphatic rings. The zero-order valence-corrected chi connectivity index (χ0v) is 17.1. The van der Waals surface area contributed by atoms with Crippen LogP contribution in [0.25, 0.3) is 11.4 Å². The first-order valence-electron chi connectivity index (χ1n) is 9.48. The van der Waals surface area contributed by atoms with Crippen LogP contribution in [0.15, 0.2) is 47.0 Å². The first kappa shape index (κ1) is 20.4. The van der Waals surface area contributed by atoms with Gasteiger partial charge in [-0.2, -0.15) is 4.98 Å². The quantitative estimate of drug-likeness (QED) is 0.624. The van der Waals surface area contributed by atoms with Crippen molar-refractivity contribution in [2.75, 3.05) is 7.11 Å². The van der Waals surface area contributed by atoms with E-state index in [0.29, 0.717) is 29.6 Å². The zero-order chi connectivity index (χ0) is 20.8. The smallest absolute Gasteiger partial charge is 0.261 e. The maximum absolute atomic E-state index is 12.6. The van der Waals surface area contributed by atoms with Gasteiger partial charge in [0.25, 0.3) is 5.91 Å². The molecule has 1 atom stereocenters. The highest BCUT2D eigenvalue weighted by Crippen LogP contribution is 2.22. The molecular weight excluding hydrogens is 370 g/mol. The maximum atomic E-state index is 12.6. The molecule has 1 aromatic heterocycles. The summed E-state index contributed by atoms with van der Waals surface area (Å²) in [6, 6.07) is 13.3. The molecule has 152 valence electrons. The molecule has 0 saturated heterocycles. The lowest BCUT2D eigenvalue weighted by atomic mass is 10.1. The first-order valence-corrected chi connectivity index (χ1v) is 9.48. The van der Waals surface area contributed by atoms with Gasteiger partial charge in [-0.25, -0.2) is 0 Å². The first-order chi connectivity index (χ1) is 14.0. The highest BCUT2D eigenvalue weighted by molar-refractivity contribution is 5.81. The van der Waals surface area contributed by atoms with Crippen LogP contribution in [0.3, 0.4) is 0 Å². The van der Waals surface area contributed by atoms with E-state index in [-0.39, 0.29) is 12.5 Å². The lowest BCUT2D eigenvalue weighted by Gasteiger charge is -2.18. The van der Waals surface area contributed by atoms with Crippen molar-refractivity contribution in [3.05, 3.63) is 59.5 Å². The summed E-state index contributed by atoms with van der Waals surface area (Å²) in [6.07, 6.45) is -0.0609. The summed E-state index contributed by atoms with van der Waals surface area (Å²) in [4.78, 5) is 16.9. The SMILES string of the molecule is CCC(Oc1cc(C)ccc1C)C(=O)NCc1nc(-c2cccc(OC)c2)no1. The molecular formula is C22H25N3O4. The second-order valence-electron chi connectivity index (χ2n) is 6.75. The van der Waals surface area contributed by atoms with Gasteiger partial charge in [0.05, 0.1) is 13.7 Å². The van der Waals surface area contributed by atoms with Gasteiger partial charge in [0, 0.05) is 5.56 Å². The molecule has 0 fully saturated rings. The molecule has 7 heteroatoms. The molecule has 3 rings (SSSR count). The fourth-order valence-corrected chi connectivity index (χ4v) is 2.79. The van der Waals surface area contributed by atoms with Gasteiger partial charge in [0.2, 0.25) is 11.7 Å². The van der Waals surface area contributed by atoms with E-state index >= 15 is 0 Å². The average molecular weight is 395 g/mol. The highest BCUT2D eigenvalue weighted by Gasteiger charge is 2.20. The van der Waals surface area contributed by atoms with Gasteiger partial charge in [-0.1, -0.05) is 36.3 Å². The number of benzene rings is 2. The number of aromatic nitrogens is 2. The predicted octanol–water partition coefficient (Wildman–Crippen LogP) is 3.84. The van der Waals surface area contributed by atoms with E-state index in [1.807, 2.05) is 63.2 Å². The molecule has 3 aromatic rings. The monoisotopic (exact) mass is 395 g/mol. The molecule has 29 heavy (non-hydrogen) atoms. The third kappa shape index (κ3) is 5.13. The minimum absolute atomic E-state index is 0.127. The fourth-order valence-electron chi connectivity index (χ4n) is 2.79. The normalized spacial score (nSPS) is 11.7. The molecule has 1 unspecified atom stereocenters. The largest absolute Gasteiger partial charge is 0.497 e.